The summed E-state index contributed by atoms with van der Waals surface area (Å²) in [5, 5.41) is 9.54. The van der Waals surface area contributed by atoms with E-state index in [-0.39, 0.29) is 0 Å². The second-order valence-corrected chi connectivity index (χ2v) is 14.7. The Morgan fingerprint density at radius 1 is 0.434 bits per heavy atom. The smallest absolute Gasteiger partial charge is 0.144 e. The highest BCUT2D eigenvalue weighted by atomic mass is 32.1. The minimum atomic E-state index is 0.865. The number of nitrogens with zero attached hydrogens (tertiary/aromatic N) is 1. The van der Waals surface area contributed by atoms with Crippen LogP contribution in [-0.4, -0.2) is 0 Å². The first-order valence-electron chi connectivity index (χ1n) is 18.0. The Balaban J connectivity index is 1.22. The fourth-order valence-corrected chi connectivity index (χ4v) is 9.47. The lowest BCUT2D eigenvalue weighted by Crippen LogP contribution is -2.10. The van der Waals surface area contributed by atoms with Gasteiger partial charge in [-0.2, -0.15) is 0 Å². The fourth-order valence-electron chi connectivity index (χ4n) is 8.25. The van der Waals surface area contributed by atoms with Gasteiger partial charge in [-0.05, 0) is 69.8 Å². The highest BCUT2D eigenvalue weighted by Crippen LogP contribution is 2.50. The average Bonchev–Trinajstić information content (AvgIpc) is 3.80. The average molecular weight is 694 g/mol. The molecule has 0 aliphatic rings. The van der Waals surface area contributed by atoms with Crippen molar-refractivity contribution in [3.63, 3.8) is 0 Å². The van der Waals surface area contributed by atoms with Gasteiger partial charge >= 0.3 is 0 Å². The molecule has 0 aliphatic heterocycles. The Labute approximate surface area is 310 Å². The lowest BCUT2D eigenvalue weighted by Gasteiger charge is -2.27. The minimum absolute atomic E-state index is 0.865. The van der Waals surface area contributed by atoms with E-state index in [4.69, 9.17) is 4.42 Å². The predicted molar refractivity (Wildman–Crippen MR) is 227 cm³/mol. The molecule has 3 heteroatoms. The molecule has 2 heterocycles. The van der Waals surface area contributed by atoms with Crippen molar-refractivity contribution in [2.45, 2.75) is 0 Å². The van der Waals surface area contributed by atoms with Crippen molar-refractivity contribution in [3.8, 4) is 22.3 Å². The van der Waals surface area contributed by atoms with Crippen LogP contribution in [0.3, 0.4) is 0 Å². The van der Waals surface area contributed by atoms with Crippen LogP contribution in [-0.2, 0) is 0 Å². The van der Waals surface area contributed by atoms with Crippen LogP contribution >= 0.6 is 11.3 Å². The molecule has 0 radical (unpaired) electrons. The zero-order chi connectivity index (χ0) is 34.9. The number of benzene rings is 9. The Bertz CT molecular complexity index is 3170. The molecular formula is C50H31NOS. The van der Waals surface area contributed by atoms with Crippen molar-refractivity contribution >= 4 is 92.1 Å². The zero-order valence-electron chi connectivity index (χ0n) is 28.7. The second kappa shape index (κ2) is 11.9. The van der Waals surface area contributed by atoms with Gasteiger partial charge in [0.05, 0.1) is 16.8 Å². The fraction of sp³-hybridized carbons (Fsp3) is 0. The molecule has 0 aliphatic carbocycles. The number of rotatable bonds is 5. The molecule has 0 amide bonds. The van der Waals surface area contributed by atoms with E-state index in [2.05, 4.69) is 193 Å². The monoisotopic (exact) mass is 693 g/mol. The Kier molecular flexibility index (Phi) is 6.76. The second-order valence-electron chi connectivity index (χ2n) is 13.6. The summed E-state index contributed by atoms with van der Waals surface area (Å²) in [6.07, 6.45) is 0. The maximum Gasteiger partial charge on any atom is 0.144 e. The van der Waals surface area contributed by atoms with Crippen LogP contribution < -0.4 is 4.90 Å². The summed E-state index contributed by atoms with van der Waals surface area (Å²) < 4.78 is 9.65. The van der Waals surface area contributed by atoms with E-state index >= 15 is 0 Å². The van der Waals surface area contributed by atoms with Crippen molar-refractivity contribution in [1.82, 2.24) is 0 Å². The van der Waals surface area contributed by atoms with E-state index in [1.807, 2.05) is 11.3 Å². The number of fused-ring (bicyclic) bond motifs is 8. The molecule has 0 bridgehead atoms. The van der Waals surface area contributed by atoms with Crippen molar-refractivity contribution in [3.05, 3.63) is 188 Å². The third kappa shape index (κ3) is 4.71. The molecule has 0 atom stereocenters. The molecule has 0 unspecified atom stereocenters. The minimum Gasteiger partial charge on any atom is -0.455 e. The summed E-state index contributed by atoms with van der Waals surface area (Å²) in [6, 6.07) is 67.8. The molecule has 0 saturated carbocycles. The van der Waals surface area contributed by atoms with Crippen LogP contribution in [0.1, 0.15) is 0 Å². The number of hydrogen-bond donors (Lipinski definition) is 0. The summed E-state index contributed by atoms with van der Waals surface area (Å²) in [4.78, 5) is 2.41. The summed E-state index contributed by atoms with van der Waals surface area (Å²) in [6.45, 7) is 0. The Morgan fingerprint density at radius 2 is 1.08 bits per heavy atom. The zero-order valence-corrected chi connectivity index (χ0v) is 29.5. The Hall–Kier alpha value is -6.68. The van der Waals surface area contributed by atoms with Crippen molar-refractivity contribution < 1.29 is 4.42 Å². The third-order valence-electron chi connectivity index (χ3n) is 10.6. The molecule has 0 spiro atoms. The van der Waals surface area contributed by atoms with Crippen LogP contribution in [0.25, 0.3) is 85.9 Å². The van der Waals surface area contributed by atoms with Gasteiger partial charge in [-0.15, -0.1) is 11.3 Å². The van der Waals surface area contributed by atoms with Gasteiger partial charge in [0, 0.05) is 47.8 Å². The van der Waals surface area contributed by atoms with E-state index in [1.54, 1.807) is 0 Å². The standard InChI is InChI=1S/C50H31NOS/c1-2-13-32(14-3-1)33-27-29-36(30-28-33)51(43-23-10-17-34-15-4-6-18-37(34)43)44-24-12-25-45-48(44)42-31-35-16-5-7-19-38(35)47(49(42)52-45)41-22-11-21-40-39-20-8-9-26-46(39)53-50(40)41/h1-31H. The highest BCUT2D eigenvalue weighted by Gasteiger charge is 2.24. The normalized spacial score (nSPS) is 11.8. The summed E-state index contributed by atoms with van der Waals surface area (Å²) in [5.41, 5.74) is 9.78. The molecule has 248 valence electrons. The van der Waals surface area contributed by atoms with Gasteiger partial charge in [0.25, 0.3) is 0 Å². The van der Waals surface area contributed by atoms with Gasteiger partial charge in [0.2, 0.25) is 0 Å². The molecule has 0 saturated heterocycles. The van der Waals surface area contributed by atoms with Crippen molar-refractivity contribution in [2.75, 3.05) is 4.90 Å². The highest BCUT2D eigenvalue weighted by molar-refractivity contribution is 7.26. The summed E-state index contributed by atoms with van der Waals surface area (Å²) in [7, 11) is 0. The van der Waals surface area contributed by atoms with Gasteiger partial charge in [-0.1, -0.05) is 146 Å². The first kappa shape index (κ1) is 30.0. The largest absolute Gasteiger partial charge is 0.455 e. The number of hydrogen-bond acceptors (Lipinski definition) is 3. The number of thiophene rings is 1. The van der Waals surface area contributed by atoms with Gasteiger partial charge in [-0.25, -0.2) is 0 Å². The molecule has 53 heavy (non-hydrogen) atoms. The predicted octanol–water partition coefficient (Wildman–Crippen LogP) is 15.1. The quantitative estimate of drug-likeness (QED) is 0.178. The topological polar surface area (TPSA) is 16.4 Å². The first-order chi connectivity index (χ1) is 26.3. The van der Waals surface area contributed by atoms with Gasteiger partial charge in [0.15, 0.2) is 0 Å². The van der Waals surface area contributed by atoms with Crippen LogP contribution in [0.4, 0.5) is 17.1 Å². The van der Waals surface area contributed by atoms with Crippen molar-refractivity contribution in [1.29, 1.82) is 0 Å². The van der Waals surface area contributed by atoms with E-state index in [0.29, 0.717) is 0 Å². The molecular weight excluding hydrogens is 663 g/mol. The maximum absolute atomic E-state index is 7.07. The van der Waals surface area contributed by atoms with Crippen LogP contribution in [0.2, 0.25) is 0 Å². The van der Waals surface area contributed by atoms with Gasteiger partial charge in [-0.3, -0.25) is 0 Å². The molecule has 2 aromatic heterocycles. The van der Waals surface area contributed by atoms with E-state index < -0.39 is 0 Å². The van der Waals surface area contributed by atoms with E-state index in [1.165, 1.54) is 58.4 Å². The van der Waals surface area contributed by atoms with Gasteiger partial charge < -0.3 is 9.32 Å². The van der Waals surface area contributed by atoms with E-state index in [0.717, 1.165) is 44.6 Å². The molecule has 2 nitrogen and oxygen atoms in total. The number of anilines is 3. The van der Waals surface area contributed by atoms with E-state index in [9.17, 15) is 0 Å². The molecule has 9 aromatic carbocycles. The molecule has 11 aromatic rings. The van der Waals surface area contributed by atoms with Crippen LogP contribution in [0.5, 0.6) is 0 Å². The SMILES string of the molecule is c1ccc(-c2ccc(N(c3cccc4ccccc34)c3cccc4oc5c(-c6cccc7c6sc6ccccc67)c6ccccc6cc5c34)cc2)cc1. The van der Waals surface area contributed by atoms with Crippen LogP contribution in [0.15, 0.2) is 192 Å². The Morgan fingerprint density at radius 3 is 1.94 bits per heavy atom. The lowest BCUT2D eigenvalue weighted by molar-refractivity contribution is 0.670. The molecule has 11 rings (SSSR count). The third-order valence-corrected chi connectivity index (χ3v) is 11.9. The van der Waals surface area contributed by atoms with Crippen LogP contribution in [0, 0.1) is 0 Å². The van der Waals surface area contributed by atoms with Gasteiger partial charge in [0.1, 0.15) is 11.2 Å². The first-order valence-corrected chi connectivity index (χ1v) is 18.8. The maximum atomic E-state index is 7.07. The lowest BCUT2D eigenvalue weighted by atomic mass is 9.94. The number of furan rings is 1. The summed E-state index contributed by atoms with van der Waals surface area (Å²) in [5.74, 6) is 0. The van der Waals surface area contributed by atoms with Crippen molar-refractivity contribution in [2.24, 2.45) is 0 Å². The molecule has 0 fully saturated rings. The summed E-state index contributed by atoms with van der Waals surface area (Å²) >= 11 is 1.86. The molecule has 0 N–H and O–H groups in total.